The van der Waals surface area contributed by atoms with E-state index in [9.17, 15) is 0 Å². The van der Waals surface area contributed by atoms with Gasteiger partial charge in [0, 0.05) is 17.6 Å². The Kier molecular flexibility index (Phi) is 2.93. The van der Waals surface area contributed by atoms with Gasteiger partial charge in [-0.15, -0.1) is 0 Å². The fourth-order valence-corrected chi connectivity index (χ4v) is 3.19. The molecule has 2 aromatic carbocycles. The molecule has 3 nitrogen and oxygen atoms in total. The first kappa shape index (κ1) is 12.5. The Morgan fingerprint density at radius 1 is 1.05 bits per heavy atom. The Morgan fingerprint density at radius 3 is 2.71 bits per heavy atom. The molecule has 0 saturated carbocycles. The van der Waals surface area contributed by atoms with Gasteiger partial charge < -0.3 is 15.5 Å². The summed E-state index contributed by atoms with van der Waals surface area (Å²) in [6, 6.07) is 14.7. The topological polar surface area (TPSA) is 51.0 Å². The summed E-state index contributed by atoms with van der Waals surface area (Å²) in [6.45, 7) is 0.586. The molecule has 1 unspecified atom stereocenters. The molecule has 106 valence electrons. The first-order valence-electron chi connectivity index (χ1n) is 7.35. The summed E-state index contributed by atoms with van der Waals surface area (Å²) < 4.78 is 6.01. The molecule has 0 fully saturated rings. The van der Waals surface area contributed by atoms with Gasteiger partial charge in [0.2, 0.25) is 0 Å². The lowest BCUT2D eigenvalue weighted by atomic mass is 9.90. The van der Waals surface area contributed by atoms with Crippen LogP contribution in [-0.4, -0.2) is 11.0 Å². The first-order valence-corrected chi connectivity index (χ1v) is 7.35. The number of hydrogen-bond donors (Lipinski definition) is 2. The smallest absolute Gasteiger partial charge is 0.143 e. The second kappa shape index (κ2) is 4.93. The van der Waals surface area contributed by atoms with Gasteiger partial charge in [0.1, 0.15) is 12.4 Å². The molecule has 0 bridgehead atoms. The third kappa shape index (κ3) is 2.20. The number of nitrogens with two attached hydrogens (primary N) is 1. The average molecular weight is 278 g/mol. The van der Waals surface area contributed by atoms with Crippen molar-refractivity contribution >= 4 is 10.9 Å². The zero-order valence-corrected chi connectivity index (χ0v) is 11.8. The molecule has 3 aromatic rings. The number of aromatic amines is 1. The standard InChI is InChI=1S/C18H18N2O/c19-15-8-13-6-7-16(18-17(13)14(9-15)10-20-18)21-11-12-4-2-1-3-5-12/h1-7,10,15,20H,8-9,11,19H2. The van der Waals surface area contributed by atoms with Gasteiger partial charge in [-0.05, 0) is 35.6 Å². The summed E-state index contributed by atoms with van der Waals surface area (Å²) in [5.41, 5.74) is 11.0. The number of H-pyrrole nitrogens is 1. The normalized spacial score (nSPS) is 17.1. The highest BCUT2D eigenvalue weighted by atomic mass is 16.5. The van der Waals surface area contributed by atoms with Crippen molar-refractivity contribution in [2.24, 2.45) is 5.73 Å². The molecule has 3 heteroatoms. The van der Waals surface area contributed by atoms with Crippen LogP contribution in [0.1, 0.15) is 16.7 Å². The van der Waals surface area contributed by atoms with Crippen LogP contribution in [0.5, 0.6) is 5.75 Å². The van der Waals surface area contributed by atoms with Crippen LogP contribution in [0.3, 0.4) is 0 Å². The van der Waals surface area contributed by atoms with Crippen molar-refractivity contribution in [1.29, 1.82) is 0 Å². The fraction of sp³-hybridized carbons (Fsp3) is 0.222. The van der Waals surface area contributed by atoms with Gasteiger partial charge in [-0.2, -0.15) is 0 Å². The number of benzene rings is 2. The van der Waals surface area contributed by atoms with E-state index in [0.717, 1.165) is 24.1 Å². The van der Waals surface area contributed by atoms with Crippen LogP contribution in [0.25, 0.3) is 10.9 Å². The highest BCUT2D eigenvalue weighted by Gasteiger charge is 2.21. The maximum Gasteiger partial charge on any atom is 0.143 e. The molecule has 4 rings (SSSR count). The highest BCUT2D eigenvalue weighted by molar-refractivity contribution is 5.92. The number of ether oxygens (including phenoxy) is 1. The maximum absolute atomic E-state index is 6.11. The number of nitrogens with one attached hydrogen (secondary N) is 1. The summed E-state index contributed by atoms with van der Waals surface area (Å²) in [5.74, 6) is 0.916. The van der Waals surface area contributed by atoms with Gasteiger partial charge in [0.25, 0.3) is 0 Å². The monoisotopic (exact) mass is 278 g/mol. The molecule has 0 aliphatic heterocycles. The molecule has 3 N–H and O–H groups in total. The first-order chi connectivity index (χ1) is 10.3. The van der Waals surface area contributed by atoms with E-state index in [1.807, 2.05) is 18.2 Å². The maximum atomic E-state index is 6.11. The molecule has 1 aliphatic carbocycles. The Labute approximate surface area is 123 Å². The number of rotatable bonds is 3. The molecular weight excluding hydrogens is 260 g/mol. The molecular formula is C18H18N2O. The van der Waals surface area contributed by atoms with Gasteiger partial charge in [0.15, 0.2) is 0 Å². The van der Waals surface area contributed by atoms with Gasteiger partial charge >= 0.3 is 0 Å². The quantitative estimate of drug-likeness (QED) is 0.773. The second-order valence-electron chi connectivity index (χ2n) is 5.73. The zero-order valence-electron chi connectivity index (χ0n) is 11.8. The lowest BCUT2D eigenvalue weighted by molar-refractivity contribution is 0.309. The lowest BCUT2D eigenvalue weighted by Gasteiger charge is -2.19. The summed E-state index contributed by atoms with van der Waals surface area (Å²) in [5, 5.41) is 1.31. The SMILES string of the molecule is NC1Cc2ccc(OCc3ccccc3)c3[nH]cc(c23)C1. The predicted molar refractivity (Wildman–Crippen MR) is 84.5 cm³/mol. The summed E-state index contributed by atoms with van der Waals surface area (Å²) >= 11 is 0. The van der Waals surface area contributed by atoms with Crippen molar-refractivity contribution in [2.75, 3.05) is 0 Å². The van der Waals surface area contributed by atoms with Gasteiger partial charge in [-0.1, -0.05) is 36.4 Å². The van der Waals surface area contributed by atoms with Crippen LogP contribution in [0.15, 0.2) is 48.7 Å². The van der Waals surface area contributed by atoms with Gasteiger partial charge in [0.05, 0.1) is 5.52 Å². The van der Waals surface area contributed by atoms with Crippen molar-refractivity contribution in [3.8, 4) is 5.75 Å². The second-order valence-corrected chi connectivity index (χ2v) is 5.73. The minimum absolute atomic E-state index is 0.229. The molecule has 0 radical (unpaired) electrons. The summed E-state index contributed by atoms with van der Waals surface area (Å²) in [6.07, 6.45) is 3.96. The zero-order chi connectivity index (χ0) is 14.2. The van der Waals surface area contributed by atoms with E-state index in [0.29, 0.717) is 6.61 Å². The molecule has 0 amide bonds. The molecule has 1 aromatic heterocycles. The van der Waals surface area contributed by atoms with E-state index in [4.69, 9.17) is 10.5 Å². The van der Waals surface area contributed by atoms with Gasteiger partial charge in [-0.3, -0.25) is 0 Å². The minimum atomic E-state index is 0.229. The van der Waals surface area contributed by atoms with Crippen molar-refractivity contribution in [3.05, 3.63) is 65.4 Å². The van der Waals surface area contributed by atoms with Crippen LogP contribution in [0, 0.1) is 0 Å². The van der Waals surface area contributed by atoms with Crippen molar-refractivity contribution in [3.63, 3.8) is 0 Å². The van der Waals surface area contributed by atoms with Crippen LogP contribution >= 0.6 is 0 Å². The minimum Gasteiger partial charge on any atom is -0.487 e. The fourth-order valence-electron chi connectivity index (χ4n) is 3.19. The Balaban J connectivity index is 1.67. The number of aromatic nitrogens is 1. The van der Waals surface area contributed by atoms with E-state index in [1.54, 1.807) is 0 Å². The van der Waals surface area contributed by atoms with E-state index in [2.05, 4.69) is 35.4 Å². The van der Waals surface area contributed by atoms with Crippen LogP contribution in [0.2, 0.25) is 0 Å². The number of hydrogen-bond acceptors (Lipinski definition) is 2. The van der Waals surface area contributed by atoms with Crippen LogP contribution < -0.4 is 10.5 Å². The Morgan fingerprint density at radius 2 is 1.86 bits per heavy atom. The lowest BCUT2D eigenvalue weighted by Crippen LogP contribution is -2.28. The molecule has 1 atom stereocenters. The Bertz CT molecular complexity index is 777. The molecule has 0 spiro atoms. The molecule has 21 heavy (non-hydrogen) atoms. The molecule has 1 heterocycles. The van der Waals surface area contributed by atoms with E-state index < -0.39 is 0 Å². The average Bonchev–Trinajstić information content (AvgIpc) is 2.93. The highest BCUT2D eigenvalue weighted by Crippen LogP contribution is 2.34. The van der Waals surface area contributed by atoms with Crippen LogP contribution in [0.4, 0.5) is 0 Å². The Hall–Kier alpha value is -2.26. The van der Waals surface area contributed by atoms with Crippen molar-refractivity contribution < 1.29 is 4.74 Å². The van der Waals surface area contributed by atoms with Gasteiger partial charge in [-0.25, -0.2) is 0 Å². The third-order valence-electron chi connectivity index (χ3n) is 4.17. The molecule has 0 saturated heterocycles. The third-order valence-corrected chi connectivity index (χ3v) is 4.17. The summed E-state index contributed by atoms with van der Waals surface area (Å²) in [4.78, 5) is 3.36. The van der Waals surface area contributed by atoms with E-state index in [-0.39, 0.29) is 6.04 Å². The van der Waals surface area contributed by atoms with Crippen LogP contribution in [-0.2, 0) is 19.4 Å². The molecule has 1 aliphatic rings. The van der Waals surface area contributed by atoms with Crippen molar-refractivity contribution in [1.82, 2.24) is 4.98 Å². The predicted octanol–water partition coefficient (Wildman–Crippen LogP) is 3.17. The summed E-state index contributed by atoms with van der Waals surface area (Å²) in [7, 11) is 0. The van der Waals surface area contributed by atoms with E-state index in [1.165, 1.54) is 22.1 Å². The largest absolute Gasteiger partial charge is 0.487 e. The van der Waals surface area contributed by atoms with Crippen molar-refractivity contribution in [2.45, 2.75) is 25.5 Å². The van der Waals surface area contributed by atoms with E-state index >= 15 is 0 Å².